The first-order chi connectivity index (χ1) is 9.72. The Hall–Kier alpha value is -1.40. The number of fused-ring (bicyclic) bond motifs is 1. The van der Waals surface area contributed by atoms with Gasteiger partial charge in [0.05, 0.1) is 0 Å². The van der Waals surface area contributed by atoms with Gasteiger partial charge in [-0.1, -0.05) is 11.6 Å². The Morgan fingerprint density at radius 3 is 3.00 bits per heavy atom. The van der Waals surface area contributed by atoms with Crippen LogP contribution < -0.4 is 5.32 Å². The van der Waals surface area contributed by atoms with Crippen molar-refractivity contribution in [1.29, 1.82) is 0 Å². The van der Waals surface area contributed by atoms with Crippen LogP contribution in [0.15, 0.2) is 6.33 Å². The molecule has 0 radical (unpaired) electrons. The molecule has 1 unspecified atom stereocenters. The second-order valence-electron chi connectivity index (χ2n) is 5.70. The third kappa shape index (κ3) is 2.03. The van der Waals surface area contributed by atoms with Gasteiger partial charge in [0.25, 0.3) is 5.78 Å². The highest BCUT2D eigenvalue weighted by atomic mass is 35.5. The molecule has 1 aliphatic heterocycles. The minimum Gasteiger partial charge on any atom is -0.366 e. The zero-order valence-corrected chi connectivity index (χ0v) is 12.1. The van der Waals surface area contributed by atoms with E-state index in [1.165, 1.54) is 25.7 Å². The third-order valence-electron chi connectivity index (χ3n) is 4.23. The van der Waals surface area contributed by atoms with Crippen LogP contribution in [0.25, 0.3) is 5.78 Å². The van der Waals surface area contributed by atoms with Crippen LogP contribution in [0.5, 0.6) is 0 Å². The van der Waals surface area contributed by atoms with Gasteiger partial charge in [-0.05, 0) is 26.2 Å². The normalized spacial score (nSPS) is 23.6. The number of aromatic nitrogens is 4. The average Bonchev–Trinajstić information content (AvgIpc) is 3.00. The number of nitrogens with one attached hydrogen (secondary N) is 1. The number of anilines is 1. The standard InChI is InChI=1S/C13H17ClN6/c1-8-11(14)18-13-15-7-16-20(13)12(8)17-9-4-5-19(6-9)10-2-3-10/h7,9-10,17H,2-6H2,1H3. The summed E-state index contributed by atoms with van der Waals surface area (Å²) in [6, 6.07) is 1.27. The van der Waals surface area contributed by atoms with Crippen LogP contribution in [0.1, 0.15) is 24.8 Å². The van der Waals surface area contributed by atoms with E-state index >= 15 is 0 Å². The lowest BCUT2D eigenvalue weighted by molar-refractivity contribution is 0.326. The molecule has 2 fully saturated rings. The molecule has 7 heteroatoms. The highest BCUT2D eigenvalue weighted by Gasteiger charge is 2.34. The number of rotatable bonds is 3. The predicted molar refractivity (Wildman–Crippen MR) is 77.2 cm³/mol. The van der Waals surface area contributed by atoms with Gasteiger partial charge in [0, 0.05) is 30.7 Å². The molecule has 1 atom stereocenters. The van der Waals surface area contributed by atoms with Crippen molar-refractivity contribution in [1.82, 2.24) is 24.5 Å². The van der Waals surface area contributed by atoms with E-state index in [1.54, 1.807) is 4.52 Å². The quantitative estimate of drug-likeness (QED) is 0.873. The van der Waals surface area contributed by atoms with Gasteiger partial charge < -0.3 is 5.32 Å². The Morgan fingerprint density at radius 2 is 2.20 bits per heavy atom. The van der Waals surface area contributed by atoms with E-state index in [-0.39, 0.29) is 0 Å². The molecule has 4 rings (SSSR count). The topological polar surface area (TPSA) is 58.4 Å². The van der Waals surface area contributed by atoms with Gasteiger partial charge in [0.1, 0.15) is 17.3 Å². The van der Waals surface area contributed by atoms with Gasteiger partial charge in [0.2, 0.25) is 0 Å². The molecule has 2 aromatic rings. The van der Waals surface area contributed by atoms with Gasteiger partial charge in [-0.15, -0.1) is 0 Å². The minimum absolute atomic E-state index is 0.445. The largest absolute Gasteiger partial charge is 0.366 e. The van der Waals surface area contributed by atoms with Crippen molar-refractivity contribution in [3.63, 3.8) is 0 Å². The first-order valence-electron chi connectivity index (χ1n) is 7.09. The van der Waals surface area contributed by atoms with Crippen LogP contribution in [0, 0.1) is 6.92 Å². The predicted octanol–water partition coefficient (Wildman–Crippen LogP) is 1.73. The van der Waals surface area contributed by atoms with Crippen molar-refractivity contribution < 1.29 is 0 Å². The molecule has 1 saturated heterocycles. The lowest BCUT2D eigenvalue weighted by Gasteiger charge is -2.18. The van der Waals surface area contributed by atoms with E-state index in [4.69, 9.17) is 11.6 Å². The summed E-state index contributed by atoms with van der Waals surface area (Å²) in [5.74, 6) is 1.46. The van der Waals surface area contributed by atoms with Gasteiger partial charge >= 0.3 is 0 Å². The van der Waals surface area contributed by atoms with Crippen LogP contribution in [-0.2, 0) is 0 Å². The van der Waals surface area contributed by atoms with E-state index in [1.807, 2.05) is 6.92 Å². The summed E-state index contributed by atoms with van der Waals surface area (Å²) < 4.78 is 1.74. The summed E-state index contributed by atoms with van der Waals surface area (Å²) in [7, 11) is 0. The van der Waals surface area contributed by atoms with Crippen molar-refractivity contribution in [2.24, 2.45) is 0 Å². The van der Waals surface area contributed by atoms with Crippen molar-refractivity contribution in [3.8, 4) is 0 Å². The van der Waals surface area contributed by atoms with Crippen LogP contribution in [0.4, 0.5) is 5.82 Å². The number of halogens is 1. The van der Waals surface area contributed by atoms with Crippen molar-refractivity contribution in [2.45, 2.75) is 38.3 Å². The molecule has 20 heavy (non-hydrogen) atoms. The molecule has 2 aliphatic rings. The fourth-order valence-electron chi connectivity index (χ4n) is 2.94. The Balaban J connectivity index is 1.61. The molecule has 1 aliphatic carbocycles. The Kier molecular flexibility index (Phi) is 2.82. The van der Waals surface area contributed by atoms with E-state index in [0.29, 0.717) is 17.0 Å². The summed E-state index contributed by atoms with van der Waals surface area (Å²) in [5.41, 5.74) is 0.925. The second kappa shape index (κ2) is 4.56. The Morgan fingerprint density at radius 1 is 1.35 bits per heavy atom. The van der Waals surface area contributed by atoms with Crippen LogP contribution in [0.2, 0.25) is 5.15 Å². The molecule has 3 heterocycles. The summed E-state index contributed by atoms with van der Waals surface area (Å²) >= 11 is 6.18. The smallest absolute Gasteiger partial charge is 0.255 e. The molecule has 1 N–H and O–H groups in total. The minimum atomic E-state index is 0.445. The van der Waals surface area contributed by atoms with Crippen LogP contribution >= 0.6 is 11.6 Å². The molecule has 106 valence electrons. The van der Waals surface area contributed by atoms with Crippen LogP contribution in [0.3, 0.4) is 0 Å². The van der Waals surface area contributed by atoms with E-state index in [0.717, 1.165) is 30.4 Å². The fraction of sp³-hybridized carbons (Fsp3) is 0.615. The third-order valence-corrected chi connectivity index (χ3v) is 4.60. The molecule has 2 aromatic heterocycles. The second-order valence-corrected chi connectivity index (χ2v) is 6.06. The molecule has 0 bridgehead atoms. The number of hydrogen-bond donors (Lipinski definition) is 1. The zero-order chi connectivity index (χ0) is 13.7. The average molecular weight is 293 g/mol. The molecular weight excluding hydrogens is 276 g/mol. The van der Waals surface area contributed by atoms with Crippen LogP contribution in [-0.4, -0.2) is 49.7 Å². The highest BCUT2D eigenvalue weighted by molar-refractivity contribution is 6.30. The summed E-state index contributed by atoms with van der Waals surface area (Å²) in [6.07, 6.45) is 5.39. The first kappa shape index (κ1) is 12.3. The van der Waals surface area contributed by atoms with Crippen molar-refractivity contribution in [3.05, 3.63) is 17.0 Å². The lowest BCUT2D eigenvalue weighted by Crippen LogP contribution is -2.28. The summed E-state index contributed by atoms with van der Waals surface area (Å²) in [6.45, 7) is 4.24. The maximum absolute atomic E-state index is 6.18. The van der Waals surface area contributed by atoms with Crippen molar-refractivity contribution >= 4 is 23.2 Å². The molecule has 0 amide bonds. The Bertz CT molecular complexity index is 650. The fourth-order valence-corrected chi connectivity index (χ4v) is 3.10. The SMILES string of the molecule is Cc1c(Cl)nc2ncnn2c1NC1CCN(C2CC2)C1. The van der Waals surface area contributed by atoms with E-state index < -0.39 is 0 Å². The number of hydrogen-bond acceptors (Lipinski definition) is 5. The van der Waals surface area contributed by atoms with Crippen molar-refractivity contribution in [2.75, 3.05) is 18.4 Å². The summed E-state index contributed by atoms with van der Waals surface area (Å²) in [5, 5.41) is 8.31. The first-order valence-corrected chi connectivity index (χ1v) is 7.46. The van der Waals surface area contributed by atoms with E-state index in [2.05, 4.69) is 25.3 Å². The Labute approximate surface area is 122 Å². The number of nitrogens with zero attached hydrogens (tertiary/aromatic N) is 5. The maximum atomic E-state index is 6.18. The maximum Gasteiger partial charge on any atom is 0.255 e. The van der Waals surface area contributed by atoms with Gasteiger partial charge in [-0.2, -0.15) is 19.6 Å². The molecular formula is C13H17ClN6. The van der Waals surface area contributed by atoms with Gasteiger partial charge in [0.15, 0.2) is 0 Å². The highest BCUT2D eigenvalue weighted by Crippen LogP contribution is 2.31. The number of likely N-dealkylation sites (tertiary alicyclic amines) is 1. The van der Waals surface area contributed by atoms with E-state index in [9.17, 15) is 0 Å². The monoisotopic (exact) mass is 292 g/mol. The van der Waals surface area contributed by atoms with Gasteiger partial charge in [-0.3, -0.25) is 4.90 Å². The molecule has 0 aromatic carbocycles. The zero-order valence-electron chi connectivity index (χ0n) is 11.4. The van der Waals surface area contributed by atoms with Gasteiger partial charge in [-0.25, -0.2) is 0 Å². The molecule has 1 saturated carbocycles. The summed E-state index contributed by atoms with van der Waals surface area (Å²) in [4.78, 5) is 10.9. The molecule has 6 nitrogen and oxygen atoms in total. The molecule has 0 spiro atoms. The lowest BCUT2D eigenvalue weighted by atomic mass is 10.2.